The summed E-state index contributed by atoms with van der Waals surface area (Å²) in [6, 6.07) is 9.45. The van der Waals surface area contributed by atoms with Gasteiger partial charge in [-0.2, -0.15) is 5.26 Å². The number of carbonyl (C=O) groups excluding carboxylic acids is 1. The molecule has 1 heterocycles. The molecule has 4 nitrogen and oxygen atoms in total. The Kier molecular flexibility index (Phi) is 3.44. The minimum Gasteiger partial charge on any atom is -0.462 e. The molecule has 0 spiro atoms. The maximum atomic E-state index is 11.7. The van der Waals surface area contributed by atoms with Gasteiger partial charge in [0.05, 0.1) is 12.3 Å². The average molecular weight is 240 g/mol. The Labute approximate surface area is 105 Å². The number of benzene rings is 1. The Morgan fingerprint density at radius 3 is 2.94 bits per heavy atom. The van der Waals surface area contributed by atoms with Gasteiger partial charge in [-0.1, -0.05) is 24.3 Å². The van der Waals surface area contributed by atoms with Gasteiger partial charge in [-0.3, -0.25) is 0 Å². The topological polar surface area (TPSA) is 62.1 Å². The van der Waals surface area contributed by atoms with E-state index in [9.17, 15) is 4.79 Å². The van der Waals surface area contributed by atoms with Crippen LogP contribution in [0.1, 0.15) is 18.1 Å². The number of carbonyl (C=O) groups is 1. The van der Waals surface area contributed by atoms with Gasteiger partial charge < -0.3 is 10.1 Å². The van der Waals surface area contributed by atoms with Gasteiger partial charge in [0, 0.05) is 11.8 Å². The fourth-order valence-electron chi connectivity index (χ4n) is 1.78. The van der Waals surface area contributed by atoms with Crippen LogP contribution in [0.2, 0.25) is 0 Å². The van der Waals surface area contributed by atoms with Crippen LogP contribution in [-0.2, 0) is 9.53 Å². The first-order valence-corrected chi connectivity index (χ1v) is 5.62. The van der Waals surface area contributed by atoms with Crippen molar-refractivity contribution in [1.29, 1.82) is 5.26 Å². The molecule has 1 aliphatic rings. The fourth-order valence-corrected chi connectivity index (χ4v) is 1.78. The Morgan fingerprint density at radius 1 is 1.44 bits per heavy atom. The summed E-state index contributed by atoms with van der Waals surface area (Å²) in [5.74, 6) is -0.604. The van der Waals surface area contributed by atoms with E-state index in [-0.39, 0.29) is 12.2 Å². The number of nitrogens with zero attached hydrogens (tertiary/aromatic N) is 1. The molecule has 0 saturated heterocycles. The molecule has 18 heavy (non-hydrogen) atoms. The van der Waals surface area contributed by atoms with E-state index in [0.29, 0.717) is 5.70 Å². The molecule has 4 heteroatoms. The summed E-state index contributed by atoms with van der Waals surface area (Å²) in [4.78, 5) is 11.7. The third kappa shape index (κ3) is 2.11. The molecule has 0 saturated carbocycles. The Morgan fingerprint density at radius 2 is 2.22 bits per heavy atom. The van der Waals surface area contributed by atoms with E-state index in [1.165, 1.54) is 0 Å². The summed E-state index contributed by atoms with van der Waals surface area (Å²) in [5.41, 5.74) is 2.27. The smallest absolute Gasteiger partial charge is 0.351 e. The van der Waals surface area contributed by atoms with Gasteiger partial charge in [0.1, 0.15) is 6.07 Å². The van der Waals surface area contributed by atoms with Crippen molar-refractivity contribution in [3.8, 4) is 6.07 Å². The van der Waals surface area contributed by atoms with Crippen molar-refractivity contribution in [2.75, 3.05) is 6.61 Å². The van der Waals surface area contributed by atoms with Crippen molar-refractivity contribution in [1.82, 2.24) is 5.32 Å². The summed E-state index contributed by atoms with van der Waals surface area (Å²) in [5, 5.41) is 12.1. The predicted octanol–water partition coefficient (Wildman–Crippen LogP) is 2.06. The molecule has 0 aliphatic carbocycles. The van der Waals surface area contributed by atoms with Crippen LogP contribution in [0.25, 0.3) is 11.8 Å². The van der Waals surface area contributed by atoms with Gasteiger partial charge in [0.2, 0.25) is 0 Å². The minimum absolute atomic E-state index is 0.00588. The normalized spacial score (nSPS) is 15.1. The maximum absolute atomic E-state index is 11.7. The summed E-state index contributed by atoms with van der Waals surface area (Å²) >= 11 is 0. The van der Waals surface area contributed by atoms with Gasteiger partial charge in [-0.15, -0.1) is 0 Å². The average Bonchev–Trinajstić information content (AvgIpc) is 2.40. The van der Waals surface area contributed by atoms with Gasteiger partial charge in [-0.25, -0.2) is 4.79 Å². The Hall–Kier alpha value is -2.54. The SMILES string of the molecule is CCOC(=O)C(C#N)=C1NC=Cc2ccccc21. The third-order valence-corrected chi connectivity index (χ3v) is 2.56. The van der Waals surface area contributed by atoms with E-state index in [4.69, 9.17) is 10.00 Å². The molecule has 90 valence electrons. The van der Waals surface area contributed by atoms with Crippen LogP contribution in [-0.4, -0.2) is 12.6 Å². The van der Waals surface area contributed by atoms with Crippen molar-refractivity contribution < 1.29 is 9.53 Å². The van der Waals surface area contributed by atoms with Crippen molar-refractivity contribution in [2.24, 2.45) is 0 Å². The lowest BCUT2D eigenvalue weighted by Crippen LogP contribution is -2.17. The third-order valence-electron chi connectivity index (χ3n) is 2.56. The molecule has 0 atom stereocenters. The van der Waals surface area contributed by atoms with Crippen LogP contribution in [0.4, 0.5) is 0 Å². The first-order valence-electron chi connectivity index (χ1n) is 5.62. The predicted molar refractivity (Wildman–Crippen MR) is 67.8 cm³/mol. The molecule has 0 bridgehead atoms. The molecule has 0 amide bonds. The number of hydrogen-bond donors (Lipinski definition) is 1. The van der Waals surface area contributed by atoms with Gasteiger partial charge >= 0.3 is 5.97 Å². The van der Waals surface area contributed by atoms with E-state index in [2.05, 4.69) is 5.32 Å². The van der Waals surface area contributed by atoms with Crippen LogP contribution >= 0.6 is 0 Å². The van der Waals surface area contributed by atoms with Gasteiger partial charge in [0.15, 0.2) is 5.57 Å². The summed E-state index contributed by atoms with van der Waals surface area (Å²) in [6.45, 7) is 1.95. The van der Waals surface area contributed by atoms with Crippen molar-refractivity contribution in [3.63, 3.8) is 0 Å². The largest absolute Gasteiger partial charge is 0.462 e. The van der Waals surface area contributed by atoms with E-state index in [1.807, 2.05) is 36.4 Å². The Balaban J connectivity index is 2.53. The highest BCUT2D eigenvalue weighted by Crippen LogP contribution is 2.25. The van der Waals surface area contributed by atoms with E-state index in [0.717, 1.165) is 11.1 Å². The lowest BCUT2D eigenvalue weighted by Gasteiger charge is -2.16. The molecule has 1 aromatic rings. The molecule has 0 radical (unpaired) electrons. The highest BCUT2D eigenvalue weighted by atomic mass is 16.5. The lowest BCUT2D eigenvalue weighted by molar-refractivity contribution is -0.137. The number of esters is 1. The van der Waals surface area contributed by atoms with Gasteiger partial charge in [0.25, 0.3) is 0 Å². The first kappa shape index (κ1) is 11.9. The lowest BCUT2D eigenvalue weighted by atomic mass is 9.99. The summed E-state index contributed by atoms with van der Waals surface area (Å²) in [7, 11) is 0. The second kappa shape index (κ2) is 5.19. The number of ether oxygens (including phenoxy) is 1. The molecule has 1 aromatic carbocycles. The van der Waals surface area contributed by atoms with E-state index in [1.54, 1.807) is 13.1 Å². The van der Waals surface area contributed by atoms with E-state index >= 15 is 0 Å². The molecule has 1 N–H and O–H groups in total. The Bertz CT molecular complexity index is 580. The number of nitriles is 1. The second-order valence-electron chi connectivity index (χ2n) is 3.65. The van der Waals surface area contributed by atoms with Crippen molar-refractivity contribution in [2.45, 2.75) is 6.92 Å². The molecular formula is C14H12N2O2. The molecule has 2 rings (SSSR count). The molecule has 0 fully saturated rings. The van der Waals surface area contributed by atoms with Crippen LogP contribution in [0.5, 0.6) is 0 Å². The highest BCUT2D eigenvalue weighted by molar-refractivity contribution is 6.02. The monoisotopic (exact) mass is 240 g/mol. The van der Waals surface area contributed by atoms with Crippen LogP contribution < -0.4 is 5.32 Å². The van der Waals surface area contributed by atoms with E-state index < -0.39 is 5.97 Å². The number of fused-ring (bicyclic) bond motifs is 1. The first-order chi connectivity index (χ1) is 8.77. The molecule has 0 aromatic heterocycles. The number of nitrogens with one attached hydrogen (secondary N) is 1. The van der Waals surface area contributed by atoms with Crippen LogP contribution in [0.3, 0.4) is 0 Å². The van der Waals surface area contributed by atoms with Gasteiger partial charge in [-0.05, 0) is 18.6 Å². The second-order valence-corrected chi connectivity index (χ2v) is 3.65. The molecule has 0 unspecified atom stereocenters. The summed E-state index contributed by atoms with van der Waals surface area (Å²) in [6.07, 6.45) is 3.59. The van der Waals surface area contributed by atoms with Crippen LogP contribution in [0, 0.1) is 11.3 Å². The zero-order valence-electron chi connectivity index (χ0n) is 9.93. The quantitative estimate of drug-likeness (QED) is 0.488. The molecule has 1 aliphatic heterocycles. The van der Waals surface area contributed by atoms with Crippen LogP contribution in [0.15, 0.2) is 36.0 Å². The zero-order chi connectivity index (χ0) is 13.0. The standard InChI is InChI=1S/C14H12N2O2/c1-2-18-14(17)12(9-15)13-11-6-4-3-5-10(11)7-8-16-13/h3-8,16H,2H2,1H3. The zero-order valence-corrected chi connectivity index (χ0v) is 9.93. The molecular weight excluding hydrogens is 228 g/mol. The summed E-state index contributed by atoms with van der Waals surface area (Å²) < 4.78 is 4.88. The van der Waals surface area contributed by atoms with Crippen molar-refractivity contribution >= 4 is 17.7 Å². The highest BCUT2D eigenvalue weighted by Gasteiger charge is 2.20. The number of rotatable bonds is 2. The minimum atomic E-state index is -0.604. The maximum Gasteiger partial charge on any atom is 0.351 e. The fraction of sp³-hybridized carbons (Fsp3) is 0.143. The number of hydrogen-bond acceptors (Lipinski definition) is 4. The van der Waals surface area contributed by atoms with Crippen molar-refractivity contribution in [3.05, 3.63) is 47.2 Å².